The standard InChI is InChI=1S/C13H10ClNO2S/c14-13(15)11-8-4-5-9-12(11)18(16,17)10-6-2-1-3-7-10/h1-9,15H. The third-order valence-electron chi connectivity index (χ3n) is 2.47. The Morgan fingerprint density at radius 3 is 2.11 bits per heavy atom. The van der Waals surface area contributed by atoms with E-state index in [0.717, 1.165) is 0 Å². The molecule has 0 saturated carbocycles. The van der Waals surface area contributed by atoms with Crippen LogP contribution in [-0.2, 0) is 9.84 Å². The fraction of sp³-hybridized carbons (Fsp3) is 0. The molecule has 1 N–H and O–H groups in total. The van der Waals surface area contributed by atoms with Crippen molar-refractivity contribution in [1.82, 2.24) is 0 Å². The van der Waals surface area contributed by atoms with Crippen LogP contribution in [-0.4, -0.2) is 13.6 Å². The van der Waals surface area contributed by atoms with Crippen molar-refractivity contribution in [3.63, 3.8) is 0 Å². The number of hydrogen-bond donors (Lipinski definition) is 1. The molecule has 0 radical (unpaired) electrons. The zero-order valence-corrected chi connectivity index (χ0v) is 10.9. The quantitative estimate of drug-likeness (QED) is 0.878. The zero-order chi connectivity index (χ0) is 13.2. The van der Waals surface area contributed by atoms with Gasteiger partial charge in [0.25, 0.3) is 0 Å². The first-order chi connectivity index (χ1) is 8.53. The van der Waals surface area contributed by atoms with E-state index in [9.17, 15) is 8.42 Å². The Morgan fingerprint density at radius 1 is 0.944 bits per heavy atom. The van der Waals surface area contributed by atoms with Gasteiger partial charge in [-0.2, -0.15) is 0 Å². The van der Waals surface area contributed by atoms with Crippen LogP contribution in [0, 0.1) is 5.41 Å². The average molecular weight is 280 g/mol. The SMILES string of the molecule is N=C(Cl)c1ccccc1S(=O)(=O)c1ccccc1. The Labute approximate surface area is 110 Å². The topological polar surface area (TPSA) is 58.0 Å². The first-order valence-corrected chi connectivity index (χ1v) is 7.03. The summed E-state index contributed by atoms with van der Waals surface area (Å²) in [6, 6.07) is 14.3. The number of hydrogen-bond acceptors (Lipinski definition) is 3. The van der Waals surface area contributed by atoms with Crippen LogP contribution in [0.5, 0.6) is 0 Å². The lowest BCUT2D eigenvalue weighted by Gasteiger charge is -2.08. The minimum atomic E-state index is -3.64. The van der Waals surface area contributed by atoms with E-state index < -0.39 is 9.84 Å². The van der Waals surface area contributed by atoms with Crippen molar-refractivity contribution < 1.29 is 8.42 Å². The molecule has 0 fully saturated rings. The first kappa shape index (κ1) is 12.8. The number of halogens is 1. The maximum atomic E-state index is 12.4. The molecule has 2 aromatic carbocycles. The summed E-state index contributed by atoms with van der Waals surface area (Å²) in [7, 11) is -3.64. The predicted molar refractivity (Wildman–Crippen MR) is 71.0 cm³/mol. The summed E-state index contributed by atoms with van der Waals surface area (Å²) >= 11 is 5.62. The lowest BCUT2D eigenvalue weighted by atomic mass is 10.2. The molecule has 5 heteroatoms. The molecule has 3 nitrogen and oxygen atoms in total. The molecule has 18 heavy (non-hydrogen) atoms. The summed E-state index contributed by atoms with van der Waals surface area (Å²) in [5.74, 6) is 0. The van der Waals surface area contributed by atoms with Crippen LogP contribution in [0.1, 0.15) is 5.56 Å². The van der Waals surface area contributed by atoms with Gasteiger partial charge in [0.1, 0.15) is 5.17 Å². The van der Waals surface area contributed by atoms with Crippen molar-refractivity contribution in [2.45, 2.75) is 9.79 Å². The van der Waals surface area contributed by atoms with E-state index in [2.05, 4.69) is 0 Å². The molecule has 0 aliphatic heterocycles. The lowest BCUT2D eigenvalue weighted by molar-refractivity contribution is 0.596. The highest BCUT2D eigenvalue weighted by atomic mass is 35.5. The maximum Gasteiger partial charge on any atom is 0.207 e. The van der Waals surface area contributed by atoms with Crippen molar-refractivity contribution in [2.75, 3.05) is 0 Å². The molecule has 2 rings (SSSR count). The number of sulfone groups is 1. The molecule has 2 aromatic rings. The van der Waals surface area contributed by atoms with Gasteiger partial charge in [0.05, 0.1) is 9.79 Å². The second kappa shape index (κ2) is 4.92. The van der Waals surface area contributed by atoms with Crippen molar-refractivity contribution in [3.05, 3.63) is 60.2 Å². The van der Waals surface area contributed by atoms with Crippen LogP contribution < -0.4 is 0 Å². The van der Waals surface area contributed by atoms with E-state index in [1.807, 2.05) is 0 Å². The highest BCUT2D eigenvalue weighted by Crippen LogP contribution is 2.24. The Morgan fingerprint density at radius 2 is 1.50 bits per heavy atom. The van der Waals surface area contributed by atoms with Gasteiger partial charge in [0.2, 0.25) is 9.84 Å². The number of rotatable bonds is 3. The van der Waals surface area contributed by atoms with Gasteiger partial charge in [0, 0.05) is 5.56 Å². The number of nitrogens with one attached hydrogen (secondary N) is 1. The van der Waals surface area contributed by atoms with Crippen LogP contribution in [0.2, 0.25) is 0 Å². The van der Waals surface area contributed by atoms with Gasteiger partial charge < -0.3 is 0 Å². The predicted octanol–water partition coefficient (Wildman–Crippen LogP) is 3.08. The molecule has 0 amide bonds. The smallest absolute Gasteiger partial charge is 0.207 e. The summed E-state index contributed by atoms with van der Waals surface area (Å²) in [4.78, 5) is 0.242. The lowest BCUT2D eigenvalue weighted by Crippen LogP contribution is -2.07. The second-order valence-electron chi connectivity index (χ2n) is 3.63. The van der Waals surface area contributed by atoms with Crippen LogP contribution in [0.15, 0.2) is 64.4 Å². The molecule has 0 aliphatic rings. The first-order valence-electron chi connectivity index (χ1n) is 5.17. The van der Waals surface area contributed by atoms with E-state index in [1.165, 1.54) is 24.3 Å². The fourth-order valence-corrected chi connectivity index (χ4v) is 3.32. The monoisotopic (exact) mass is 279 g/mol. The van der Waals surface area contributed by atoms with Crippen molar-refractivity contribution in [2.24, 2.45) is 0 Å². The van der Waals surface area contributed by atoms with E-state index in [4.69, 9.17) is 17.0 Å². The Balaban J connectivity index is 2.66. The molecule has 0 bridgehead atoms. The van der Waals surface area contributed by atoms with Gasteiger partial charge in [-0.3, -0.25) is 5.41 Å². The summed E-state index contributed by atoms with van der Waals surface area (Å²) in [5.41, 5.74) is 0.211. The van der Waals surface area contributed by atoms with Crippen molar-refractivity contribution in [1.29, 1.82) is 5.41 Å². The molecule has 0 heterocycles. The van der Waals surface area contributed by atoms with Gasteiger partial charge in [0.15, 0.2) is 0 Å². The summed E-state index contributed by atoms with van der Waals surface area (Å²) in [6.45, 7) is 0. The molecule has 0 aliphatic carbocycles. The molecule has 0 saturated heterocycles. The van der Waals surface area contributed by atoms with Crippen molar-refractivity contribution >= 4 is 26.6 Å². The van der Waals surface area contributed by atoms with Crippen LogP contribution in [0.3, 0.4) is 0 Å². The Hall–Kier alpha value is -1.65. The van der Waals surface area contributed by atoms with Crippen LogP contribution >= 0.6 is 11.6 Å². The molecular formula is C13H10ClNO2S. The maximum absolute atomic E-state index is 12.4. The van der Waals surface area contributed by atoms with Crippen molar-refractivity contribution in [3.8, 4) is 0 Å². The second-order valence-corrected chi connectivity index (χ2v) is 5.92. The van der Waals surface area contributed by atoms with Gasteiger partial charge in [-0.1, -0.05) is 48.0 Å². The summed E-state index contributed by atoms with van der Waals surface area (Å²) < 4.78 is 24.8. The van der Waals surface area contributed by atoms with Gasteiger partial charge >= 0.3 is 0 Å². The highest BCUT2D eigenvalue weighted by Gasteiger charge is 2.21. The minimum Gasteiger partial charge on any atom is -0.289 e. The molecule has 0 unspecified atom stereocenters. The van der Waals surface area contributed by atoms with Gasteiger partial charge in [-0.05, 0) is 18.2 Å². The minimum absolute atomic E-state index is 0.0520. The molecule has 0 aromatic heterocycles. The molecule has 0 spiro atoms. The van der Waals surface area contributed by atoms with E-state index in [0.29, 0.717) is 0 Å². The largest absolute Gasteiger partial charge is 0.289 e. The normalized spacial score (nSPS) is 11.2. The van der Waals surface area contributed by atoms with Gasteiger partial charge in [-0.15, -0.1) is 0 Å². The van der Waals surface area contributed by atoms with Gasteiger partial charge in [-0.25, -0.2) is 8.42 Å². The van der Waals surface area contributed by atoms with E-state index >= 15 is 0 Å². The fourth-order valence-electron chi connectivity index (χ4n) is 1.61. The van der Waals surface area contributed by atoms with Crippen LogP contribution in [0.4, 0.5) is 0 Å². The van der Waals surface area contributed by atoms with Crippen LogP contribution in [0.25, 0.3) is 0 Å². The molecule has 0 atom stereocenters. The third-order valence-corrected chi connectivity index (χ3v) is 4.50. The Bertz CT molecular complexity index is 681. The zero-order valence-electron chi connectivity index (χ0n) is 9.30. The highest BCUT2D eigenvalue weighted by molar-refractivity contribution is 7.91. The van der Waals surface area contributed by atoms with E-state index in [-0.39, 0.29) is 20.5 Å². The summed E-state index contributed by atoms with van der Waals surface area (Å²) in [5, 5.41) is 7.13. The summed E-state index contributed by atoms with van der Waals surface area (Å²) in [6.07, 6.45) is 0. The Kier molecular flexibility index (Phi) is 3.50. The molecule has 92 valence electrons. The van der Waals surface area contributed by atoms with E-state index in [1.54, 1.807) is 30.3 Å². The third kappa shape index (κ3) is 2.30. The number of benzene rings is 2. The average Bonchev–Trinajstić information content (AvgIpc) is 2.39. The molecular weight excluding hydrogens is 270 g/mol.